The maximum absolute atomic E-state index is 12.3. The van der Waals surface area contributed by atoms with Crippen LogP contribution in [0.1, 0.15) is 5.56 Å². The standard InChI is InChI=1S/C16H24N4O3/c1-19(12-15(17)21)10-14-11-20(7-8-23-14)16(22)18-9-13-5-3-2-4-6-13/h2-6,14H,7-12H2,1H3,(H2,17,21)(H,18,22)/t14-/m1/s1. The molecule has 2 rings (SSSR count). The SMILES string of the molecule is CN(CC(N)=O)C[C@@H]1CN(C(=O)NCc2ccccc2)CCO1. The van der Waals surface area contributed by atoms with E-state index in [0.29, 0.717) is 32.8 Å². The molecule has 1 saturated heterocycles. The summed E-state index contributed by atoms with van der Waals surface area (Å²) in [5.74, 6) is -0.374. The molecule has 0 aliphatic carbocycles. The number of benzene rings is 1. The topological polar surface area (TPSA) is 87.9 Å². The van der Waals surface area contributed by atoms with Crippen LogP contribution in [0.4, 0.5) is 4.79 Å². The Labute approximate surface area is 136 Å². The minimum Gasteiger partial charge on any atom is -0.373 e. The molecule has 1 atom stereocenters. The van der Waals surface area contributed by atoms with Crippen LogP contribution in [0.25, 0.3) is 0 Å². The summed E-state index contributed by atoms with van der Waals surface area (Å²) in [7, 11) is 1.81. The van der Waals surface area contributed by atoms with Crippen molar-refractivity contribution in [2.45, 2.75) is 12.6 Å². The maximum atomic E-state index is 12.3. The average molecular weight is 320 g/mol. The Balaban J connectivity index is 1.78. The molecule has 7 nitrogen and oxygen atoms in total. The molecule has 3 N–H and O–H groups in total. The lowest BCUT2D eigenvalue weighted by atomic mass is 10.2. The summed E-state index contributed by atoms with van der Waals surface area (Å²) >= 11 is 0. The molecule has 126 valence electrons. The molecule has 23 heavy (non-hydrogen) atoms. The molecule has 1 aromatic rings. The van der Waals surface area contributed by atoms with E-state index in [0.717, 1.165) is 5.56 Å². The summed E-state index contributed by atoms with van der Waals surface area (Å²) < 4.78 is 5.66. The van der Waals surface area contributed by atoms with Gasteiger partial charge < -0.3 is 20.7 Å². The van der Waals surface area contributed by atoms with Crippen molar-refractivity contribution in [1.29, 1.82) is 0 Å². The predicted octanol–water partition coefficient (Wildman–Crippen LogP) is 0.0141. The number of likely N-dealkylation sites (N-methyl/N-ethyl adjacent to an activating group) is 1. The van der Waals surface area contributed by atoms with Crippen LogP contribution in [0.5, 0.6) is 0 Å². The van der Waals surface area contributed by atoms with E-state index in [2.05, 4.69) is 5.32 Å². The highest BCUT2D eigenvalue weighted by atomic mass is 16.5. The molecule has 0 spiro atoms. The second kappa shape index (κ2) is 8.50. The molecule has 0 unspecified atom stereocenters. The minimum absolute atomic E-state index is 0.0975. The minimum atomic E-state index is -0.374. The summed E-state index contributed by atoms with van der Waals surface area (Å²) in [6.07, 6.45) is -0.115. The van der Waals surface area contributed by atoms with Crippen LogP contribution in [-0.4, -0.2) is 67.7 Å². The fraction of sp³-hybridized carbons (Fsp3) is 0.500. The largest absolute Gasteiger partial charge is 0.373 e. The number of hydrogen-bond acceptors (Lipinski definition) is 4. The van der Waals surface area contributed by atoms with Crippen molar-refractivity contribution in [3.63, 3.8) is 0 Å². The van der Waals surface area contributed by atoms with Gasteiger partial charge in [0, 0.05) is 26.2 Å². The number of carbonyl (C=O) groups excluding carboxylic acids is 2. The third-order valence-electron chi connectivity index (χ3n) is 3.65. The highest BCUT2D eigenvalue weighted by Gasteiger charge is 2.25. The Bertz CT molecular complexity index is 523. The zero-order valence-corrected chi connectivity index (χ0v) is 13.4. The Kier molecular flexibility index (Phi) is 6.37. The van der Waals surface area contributed by atoms with Crippen LogP contribution in [0.15, 0.2) is 30.3 Å². The van der Waals surface area contributed by atoms with Crippen molar-refractivity contribution >= 4 is 11.9 Å². The van der Waals surface area contributed by atoms with Gasteiger partial charge in [-0.25, -0.2) is 4.79 Å². The van der Waals surface area contributed by atoms with E-state index in [1.165, 1.54) is 0 Å². The predicted molar refractivity (Wildman–Crippen MR) is 86.7 cm³/mol. The number of ether oxygens (including phenoxy) is 1. The quantitative estimate of drug-likeness (QED) is 0.773. The fourth-order valence-electron chi connectivity index (χ4n) is 2.58. The molecule has 1 aliphatic heterocycles. The summed E-state index contributed by atoms with van der Waals surface area (Å²) in [5.41, 5.74) is 6.23. The summed E-state index contributed by atoms with van der Waals surface area (Å²) in [4.78, 5) is 26.7. The number of nitrogens with one attached hydrogen (secondary N) is 1. The smallest absolute Gasteiger partial charge is 0.317 e. The second-order valence-electron chi connectivity index (χ2n) is 5.75. The molecule has 3 amide bonds. The van der Waals surface area contributed by atoms with Crippen molar-refractivity contribution in [3.8, 4) is 0 Å². The van der Waals surface area contributed by atoms with E-state index in [4.69, 9.17) is 10.5 Å². The number of nitrogens with two attached hydrogens (primary N) is 1. The molecule has 7 heteroatoms. The van der Waals surface area contributed by atoms with E-state index in [1.54, 1.807) is 9.80 Å². The highest BCUT2D eigenvalue weighted by molar-refractivity contribution is 5.76. The molecular weight excluding hydrogens is 296 g/mol. The lowest BCUT2D eigenvalue weighted by Crippen LogP contribution is -2.52. The van der Waals surface area contributed by atoms with Crippen LogP contribution in [0.2, 0.25) is 0 Å². The van der Waals surface area contributed by atoms with Crippen molar-refractivity contribution in [3.05, 3.63) is 35.9 Å². The van der Waals surface area contributed by atoms with Crippen LogP contribution >= 0.6 is 0 Å². The molecule has 0 aromatic heterocycles. The molecule has 1 heterocycles. The second-order valence-corrected chi connectivity index (χ2v) is 5.75. The van der Waals surface area contributed by atoms with Gasteiger partial charge in [-0.3, -0.25) is 9.69 Å². The number of primary amides is 1. The summed E-state index contributed by atoms with van der Waals surface area (Å²) in [5, 5.41) is 2.92. The van der Waals surface area contributed by atoms with Crippen LogP contribution in [0.3, 0.4) is 0 Å². The first-order valence-electron chi connectivity index (χ1n) is 7.69. The van der Waals surface area contributed by atoms with E-state index in [-0.39, 0.29) is 24.6 Å². The number of carbonyl (C=O) groups is 2. The van der Waals surface area contributed by atoms with Crippen molar-refractivity contribution in [2.75, 3.05) is 39.8 Å². The zero-order chi connectivity index (χ0) is 16.7. The van der Waals surface area contributed by atoms with Crippen LogP contribution in [0, 0.1) is 0 Å². The molecular formula is C16H24N4O3. The van der Waals surface area contributed by atoms with Crippen molar-refractivity contribution < 1.29 is 14.3 Å². The Morgan fingerprint density at radius 1 is 1.39 bits per heavy atom. The number of nitrogens with zero attached hydrogens (tertiary/aromatic N) is 2. The Hall–Kier alpha value is -2.12. The van der Waals surface area contributed by atoms with Gasteiger partial charge in [-0.1, -0.05) is 30.3 Å². The molecule has 1 fully saturated rings. The number of rotatable bonds is 6. The monoisotopic (exact) mass is 320 g/mol. The van der Waals surface area contributed by atoms with Gasteiger partial charge >= 0.3 is 6.03 Å². The summed E-state index contributed by atoms with van der Waals surface area (Å²) in [6, 6.07) is 9.68. The first-order chi connectivity index (χ1) is 11.0. The Morgan fingerprint density at radius 3 is 2.83 bits per heavy atom. The highest BCUT2D eigenvalue weighted by Crippen LogP contribution is 2.07. The van der Waals surface area contributed by atoms with Gasteiger partial charge in [0.05, 0.1) is 19.3 Å². The average Bonchev–Trinajstić information content (AvgIpc) is 2.53. The molecule has 1 aromatic carbocycles. The third kappa shape index (κ3) is 5.88. The molecule has 1 aliphatic rings. The third-order valence-corrected chi connectivity index (χ3v) is 3.65. The first kappa shape index (κ1) is 17.2. The van der Waals surface area contributed by atoms with Gasteiger partial charge in [0.1, 0.15) is 0 Å². The molecule has 0 radical (unpaired) electrons. The van der Waals surface area contributed by atoms with E-state index in [1.807, 2.05) is 37.4 Å². The van der Waals surface area contributed by atoms with Crippen LogP contribution in [-0.2, 0) is 16.1 Å². The lowest BCUT2D eigenvalue weighted by molar-refractivity contribution is -0.119. The lowest BCUT2D eigenvalue weighted by Gasteiger charge is -2.34. The van der Waals surface area contributed by atoms with E-state index in [9.17, 15) is 9.59 Å². The van der Waals surface area contributed by atoms with Crippen molar-refractivity contribution in [2.24, 2.45) is 5.73 Å². The molecule has 0 bridgehead atoms. The fourth-order valence-corrected chi connectivity index (χ4v) is 2.58. The normalized spacial score (nSPS) is 18.0. The number of amides is 3. The van der Waals surface area contributed by atoms with Gasteiger partial charge in [0.2, 0.25) is 5.91 Å². The van der Waals surface area contributed by atoms with Gasteiger partial charge in [0.15, 0.2) is 0 Å². The van der Waals surface area contributed by atoms with Gasteiger partial charge in [-0.05, 0) is 12.6 Å². The zero-order valence-electron chi connectivity index (χ0n) is 13.4. The van der Waals surface area contributed by atoms with E-state index < -0.39 is 0 Å². The van der Waals surface area contributed by atoms with Gasteiger partial charge in [-0.15, -0.1) is 0 Å². The molecule has 0 saturated carbocycles. The number of morpholine rings is 1. The van der Waals surface area contributed by atoms with Crippen molar-refractivity contribution in [1.82, 2.24) is 15.1 Å². The van der Waals surface area contributed by atoms with E-state index >= 15 is 0 Å². The van der Waals surface area contributed by atoms with Crippen LogP contribution < -0.4 is 11.1 Å². The number of hydrogen-bond donors (Lipinski definition) is 2. The maximum Gasteiger partial charge on any atom is 0.317 e. The van der Waals surface area contributed by atoms with Gasteiger partial charge in [0.25, 0.3) is 0 Å². The first-order valence-corrected chi connectivity index (χ1v) is 7.69. The Morgan fingerprint density at radius 2 is 2.13 bits per heavy atom. The van der Waals surface area contributed by atoms with Gasteiger partial charge in [-0.2, -0.15) is 0 Å². The summed E-state index contributed by atoms with van der Waals surface area (Å²) in [6.45, 7) is 2.81. The number of urea groups is 1.